The average molecular weight is 308 g/mol. The monoisotopic (exact) mass is 307 g/mol. The molecule has 112 valence electrons. The van der Waals surface area contributed by atoms with Gasteiger partial charge in [-0.15, -0.1) is 0 Å². The predicted molar refractivity (Wildman–Crippen MR) is 83.7 cm³/mol. The van der Waals surface area contributed by atoms with Crippen molar-refractivity contribution in [3.63, 3.8) is 0 Å². The van der Waals surface area contributed by atoms with E-state index in [-0.39, 0.29) is 6.04 Å². The Morgan fingerprint density at radius 1 is 0.952 bits per heavy atom. The second-order valence-electron chi connectivity index (χ2n) is 4.63. The second-order valence-corrected chi connectivity index (χ2v) is 5.04. The summed E-state index contributed by atoms with van der Waals surface area (Å²) in [7, 11) is 3.17. The summed E-state index contributed by atoms with van der Waals surface area (Å²) in [6.07, 6.45) is 0. The van der Waals surface area contributed by atoms with Gasteiger partial charge in [0, 0.05) is 24.2 Å². The third-order valence-corrected chi connectivity index (χ3v) is 3.33. The van der Waals surface area contributed by atoms with Crippen LogP contribution in [-0.4, -0.2) is 14.2 Å². The molecule has 4 nitrogen and oxygen atoms in total. The Labute approximate surface area is 129 Å². The summed E-state index contributed by atoms with van der Waals surface area (Å²) in [6, 6.07) is 10.7. The molecule has 0 aromatic heterocycles. The van der Waals surface area contributed by atoms with E-state index in [4.69, 9.17) is 31.5 Å². The van der Waals surface area contributed by atoms with Gasteiger partial charge >= 0.3 is 0 Å². The minimum atomic E-state index is -0.0755. The van der Waals surface area contributed by atoms with Crippen LogP contribution in [0.3, 0.4) is 0 Å². The van der Waals surface area contributed by atoms with Crippen molar-refractivity contribution in [1.82, 2.24) is 0 Å². The van der Waals surface area contributed by atoms with Crippen LogP contribution in [0.15, 0.2) is 36.4 Å². The fourth-order valence-corrected chi connectivity index (χ4v) is 2.08. The lowest BCUT2D eigenvalue weighted by molar-refractivity contribution is 0.386. The van der Waals surface area contributed by atoms with Gasteiger partial charge < -0.3 is 19.9 Å². The zero-order valence-electron chi connectivity index (χ0n) is 12.2. The highest BCUT2D eigenvalue weighted by atomic mass is 35.5. The molecule has 0 bridgehead atoms. The van der Waals surface area contributed by atoms with Gasteiger partial charge in [0.05, 0.1) is 19.2 Å². The number of ether oxygens (including phenoxy) is 3. The van der Waals surface area contributed by atoms with Gasteiger partial charge in [0.2, 0.25) is 0 Å². The first-order valence-corrected chi connectivity index (χ1v) is 6.87. The van der Waals surface area contributed by atoms with E-state index in [1.807, 2.05) is 13.0 Å². The third-order valence-electron chi connectivity index (χ3n) is 3.03. The van der Waals surface area contributed by atoms with Crippen molar-refractivity contribution in [2.24, 2.45) is 5.73 Å². The zero-order valence-corrected chi connectivity index (χ0v) is 13.0. The minimum Gasteiger partial charge on any atom is -0.496 e. The summed E-state index contributed by atoms with van der Waals surface area (Å²) in [4.78, 5) is 0. The molecule has 0 fully saturated rings. The van der Waals surface area contributed by atoms with Crippen LogP contribution in [0.4, 0.5) is 0 Å². The SMILES string of the molecule is COc1cc(OC)cc(Oc2ccc(C(C)N)cc2Cl)c1. The van der Waals surface area contributed by atoms with Crippen LogP contribution in [0, 0.1) is 0 Å². The first kappa shape index (κ1) is 15.5. The minimum absolute atomic E-state index is 0.0755. The number of rotatable bonds is 5. The largest absolute Gasteiger partial charge is 0.496 e. The van der Waals surface area contributed by atoms with Crippen LogP contribution in [0.5, 0.6) is 23.0 Å². The van der Waals surface area contributed by atoms with Gasteiger partial charge in [-0.25, -0.2) is 0 Å². The molecule has 5 heteroatoms. The van der Waals surface area contributed by atoms with Gasteiger partial charge in [0.1, 0.15) is 23.0 Å². The van der Waals surface area contributed by atoms with Crippen LogP contribution in [0.2, 0.25) is 5.02 Å². The molecule has 0 spiro atoms. The lowest BCUT2D eigenvalue weighted by Crippen LogP contribution is -2.04. The molecule has 0 aliphatic heterocycles. The highest BCUT2D eigenvalue weighted by Crippen LogP contribution is 2.34. The van der Waals surface area contributed by atoms with Crippen molar-refractivity contribution in [1.29, 1.82) is 0 Å². The first-order chi connectivity index (χ1) is 10.0. The van der Waals surface area contributed by atoms with Crippen LogP contribution < -0.4 is 19.9 Å². The van der Waals surface area contributed by atoms with Crippen LogP contribution in [0.1, 0.15) is 18.5 Å². The average Bonchev–Trinajstić information content (AvgIpc) is 2.48. The molecule has 0 aliphatic rings. The van der Waals surface area contributed by atoms with Crippen LogP contribution in [0.25, 0.3) is 0 Å². The smallest absolute Gasteiger partial charge is 0.146 e. The molecular weight excluding hydrogens is 290 g/mol. The molecular formula is C16H18ClNO3. The molecule has 0 saturated carbocycles. The molecule has 1 unspecified atom stereocenters. The summed E-state index contributed by atoms with van der Waals surface area (Å²) in [5.41, 5.74) is 6.78. The van der Waals surface area contributed by atoms with Crippen molar-refractivity contribution in [2.75, 3.05) is 14.2 Å². The zero-order chi connectivity index (χ0) is 15.4. The molecule has 2 N–H and O–H groups in total. The molecule has 2 aromatic carbocycles. The van der Waals surface area contributed by atoms with E-state index in [0.29, 0.717) is 28.0 Å². The number of nitrogens with two attached hydrogens (primary N) is 1. The van der Waals surface area contributed by atoms with E-state index in [1.54, 1.807) is 44.6 Å². The summed E-state index contributed by atoms with van der Waals surface area (Å²) >= 11 is 6.23. The topological polar surface area (TPSA) is 53.7 Å². The summed E-state index contributed by atoms with van der Waals surface area (Å²) in [5, 5.41) is 0.506. The second kappa shape index (κ2) is 6.70. The molecule has 0 heterocycles. The highest BCUT2D eigenvalue weighted by Gasteiger charge is 2.09. The fraction of sp³-hybridized carbons (Fsp3) is 0.250. The van der Waals surface area contributed by atoms with Gasteiger partial charge in [0.25, 0.3) is 0 Å². The quantitative estimate of drug-likeness (QED) is 0.900. The van der Waals surface area contributed by atoms with Crippen LogP contribution >= 0.6 is 11.6 Å². The van der Waals surface area contributed by atoms with E-state index in [2.05, 4.69) is 0 Å². The van der Waals surface area contributed by atoms with E-state index in [9.17, 15) is 0 Å². The molecule has 2 rings (SSSR count). The van der Waals surface area contributed by atoms with E-state index < -0.39 is 0 Å². The van der Waals surface area contributed by atoms with E-state index in [0.717, 1.165) is 5.56 Å². The number of halogens is 1. The highest BCUT2D eigenvalue weighted by molar-refractivity contribution is 6.32. The van der Waals surface area contributed by atoms with Crippen molar-refractivity contribution < 1.29 is 14.2 Å². The molecule has 21 heavy (non-hydrogen) atoms. The molecule has 0 aliphatic carbocycles. The van der Waals surface area contributed by atoms with Crippen molar-refractivity contribution in [3.05, 3.63) is 47.0 Å². The third kappa shape index (κ3) is 3.80. The van der Waals surface area contributed by atoms with Crippen LogP contribution in [-0.2, 0) is 0 Å². The summed E-state index contributed by atoms with van der Waals surface area (Å²) in [6.45, 7) is 1.90. The Morgan fingerprint density at radius 2 is 1.52 bits per heavy atom. The summed E-state index contributed by atoms with van der Waals surface area (Å²) < 4.78 is 16.2. The molecule has 1 atom stereocenters. The molecule has 0 amide bonds. The van der Waals surface area contributed by atoms with Crippen molar-refractivity contribution in [2.45, 2.75) is 13.0 Å². The Bertz CT molecular complexity index is 607. The number of benzene rings is 2. The van der Waals surface area contributed by atoms with Gasteiger partial charge in [-0.3, -0.25) is 0 Å². The lowest BCUT2D eigenvalue weighted by Gasteiger charge is -2.12. The standard InChI is InChI=1S/C16H18ClNO3/c1-10(18)11-4-5-16(15(17)6-11)21-14-8-12(19-2)7-13(9-14)20-3/h4-10H,18H2,1-3H3. The molecule has 2 aromatic rings. The maximum Gasteiger partial charge on any atom is 0.146 e. The fourth-order valence-electron chi connectivity index (χ4n) is 1.85. The van der Waals surface area contributed by atoms with Gasteiger partial charge in [-0.05, 0) is 24.6 Å². The Morgan fingerprint density at radius 3 is 2.00 bits per heavy atom. The Balaban J connectivity index is 2.29. The molecule has 0 saturated heterocycles. The van der Waals surface area contributed by atoms with Gasteiger partial charge in [-0.1, -0.05) is 17.7 Å². The van der Waals surface area contributed by atoms with Crippen molar-refractivity contribution in [3.8, 4) is 23.0 Å². The number of hydrogen-bond donors (Lipinski definition) is 1. The normalized spacial score (nSPS) is 11.9. The number of methoxy groups -OCH3 is 2. The Kier molecular flexibility index (Phi) is 4.94. The summed E-state index contributed by atoms with van der Waals surface area (Å²) in [5.74, 6) is 2.43. The Hall–Kier alpha value is -1.91. The van der Waals surface area contributed by atoms with Gasteiger partial charge in [0.15, 0.2) is 0 Å². The van der Waals surface area contributed by atoms with Crippen molar-refractivity contribution >= 4 is 11.6 Å². The molecule has 0 radical (unpaired) electrons. The van der Waals surface area contributed by atoms with E-state index >= 15 is 0 Å². The first-order valence-electron chi connectivity index (χ1n) is 6.49. The number of hydrogen-bond acceptors (Lipinski definition) is 4. The predicted octanol–water partition coefficient (Wildman–Crippen LogP) is 4.17. The maximum absolute atomic E-state index is 6.23. The maximum atomic E-state index is 6.23. The lowest BCUT2D eigenvalue weighted by atomic mass is 10.1. The van der Waals surface area contributed by atoms with Gasteiger partial charge in [-0.2, -0.15) is 0 Å². The van der Waals surface area contributed by atoms with E-state index in [1.165, 1.54) is 0 Å².